The van der Waals surface area contributed by atoms with Gasteiger partial charge >= 0.3 is 0 Å². The first-order valence-electron chi connectivity index (χ1n) is 3.61. The molecule has 4 heteroatoms. The van der Waals surface area contributed by atoms with Crippen molar-refractivity contribution >= 4 is 11.8 Å². The third kappa shape index (κ3) is 3.60. The predicted octanol–water partition coefficient (Wildman–Crippen LogP) is -0.366. The molecule has 0 saturated heterocycles. The summed E-state index contributed by atoms with van der Waals surface area (Å²) in [5, 5.41) is 2.47. The highest BCUT2D eigenvalue weighted by Crippen LogP contribution is 2.06. The van der Waals surface area contributed by atoms with Gasteiger partial charge in [-0.1, -0.05) is 6.92 Å². The lowest BCUT2D eigenvalue weighted by Crippen LogP contribution is -2.30. The fourth-order valence-corrected chi connectivity index (χ4v) is 0.869. The van der Waals surface area contributed by atoms with Crippen LogP contribution in [-0.4, -0.2) is 18.9 Å². The van der Waals surface area contributed by atoms with E-state index >= 15 is 0 Å². The molecule has 4 nitrogen and oxygen atoms in total. The van der Waals surface area contributed by atoms with E-state index in [1.54, 1.807) is 7.05 Å². The van der Waals surface area contributed by atoms with Gasteiger partial charge in [0.25, 0.3) is 0 Å². The van der Waals surface area contributed by atoms with Crippen LogP contribution in [0.4, 0.5) is 0 Å². The average molecular weight is 158 g/mol. The zero-order valence-corrected chi connectivity index (χ0v) is 6.89. The van der Waals surface area contributed by atoms with Gasteiger partial charge in [0, 0.05) is 19.4 Å². The first-order chi connectivity index (χ1) is 5.11. The molecule has 2 amide bonds. The van der Waals surface area contributed by atoms with E-state index in [9.17, 15) is 9.59 Å². The normalized spacial score (nSPS) is 12.2. The highest BCUT2D eigenvalue weighted by atomic mass is 16.2. The van der Waals surface area contributed by atoms with Gasteiger partial charge in [0.2, 0.25) is 11.8 Å². The van der Waals surface area contributed by atoms with Crippen molar-refractivity contribution in [1.82, 2.24) is 5.32 Å². The van der Waals surface area contributed by atoms with E-state index in [4.69, 9.17) is 5.73 Å². The number of nitrogens with two attached hydrogens (primary N) is 1. The lowest BCUT2D eigenvalue weighted by atomic mass is 10.0. The molecule has 0 aromatic rings. The Morgan fingerprint density at radius 2 is 2.09 bits per heavy atom. The standard InChI is InChI=1S/C7H14N2O2/c1-3-5(4-6(8)10)7(11)9-2/h5H,3-4H2,1-2H3,(H2,8,10)(H,9,11). The first-order valence-corrected chi connectivity index (χ1v) is 3.61. The third-order valence-corrected chi connectivity index (χ3v) is 1.56. The fourth-order valence-electron chi connectivity index (χ4n) is 0.869. The van der Waals surface area contributed by atoms with E-state index in [0.29, 0.717) is 6.42 Å². The molecule has 0 aliphatic rings. The molecule has 0 saturated carbocycles. The second-order valence-electron chi connectivity index (χ2n) is 2.39. The molecule has 1 unspecified atom stereocenters. The van der Waals surface area contributed by atoms with Crippen molar-refractivity contribution in [2.45, 2.75) is 19.8 Å². The van der Waals surface area contributed by atoms with E-state index in [2.05, 4.69) is 5.32 Å². The minimum absolute atomic E-state index is 0.119. The monoisotopic (exact) mass is 158 g/mol. The second-order valence-corrected chi connectivity index (χ2v) is 2.39. The lowest BCUT2D eigenvalue weighted by Gasteiger charge is -2.09. The van der Waals surface area contributed by atoms with E-state index in [0.717, 1.165) is 0 Å². The number of carbonyl (C=O) groups excluding carboxylic acids is 2. The smallest absolute Gasteiger partial charge is 0.223 e. The number of carbonyl (C=O) groups is 2. The van der Waals surface area contributed by atoms with Crippen LogP contribution in [0.5, 0.6) is 0 Å². The summed E-state index contributed by atoms with van der Waals surface area (Å²) in [6.45, 7) is 1.85. The maximum Gasteiger partial charge on any atom is 0.223 e. The molecule has 0 spiro atoms. The maximum atomic E-state index is 11.0. The zero-order chi connectivity index (χ0) is 8.85. The van der Waals surface area contributed by atoms with Gasteiger partial charge in [-0.15, -0.1) is 0 Å². The molecule has 0 radical (unpaired) electrons. The van der Waals surface area contributed by atoms with Gasteiger partial charge in [0.15, 0.2) is 0 Å². The summed E-state index contributed by atoms with van der Waals surface area (Å²) < 4.78 is 0. The zero-order valence-electron chi connectivity index (χ0n) is 6.89. The van der Waals surface area contributed by atoms with Crippen LogP contribution in [0.25, 0.3) is 0 Å². The summed E-state index contributed by atoms with van der Waals surface area (Å²) in [6, 6.07) is 0. The van der Waals surface area contributed by atoms with E-state index < -0.39 is 5.91 Å². The van der Waals surface area contributed by atoms with Crippen LogP contribution in [0.1, 0.15) is 19.8 Å². The Hall–Kier alpha value is -1.06. The number of hydrogen-bond donors (Lipinski definition) is 2. The van der Waals surface area contributed by atoms with Crippen molar-refractivity contribution in [3.05, 3.63) is 0 Å². The van der Waals surface area contributed by atoms with Crippen molar-refractivity contribution in [3.8, 4) is 0 Å². The average Bonchev–Trinajstić information content (AvgIpc) is 1.98. The van der Waals surface area contributed by atoms with Crippen LogP contribution in [0.2, 0.25) is 0 Å². The van der Waals surface area contributed by atoms with Gasteiger partial charge in [-0.3, -0.25) is 9.59 Å². The van der Waals surface area contributed by atoms with E-state index in [1.807, 2.05) is 6.92 Å². The van der Waals surface area contributed by atoms with Crippen LogP contribution in [-0.2, 0) is 9.59 Å². The molecule has 0 aromatic heterocycles. The summed E-state index contributed by atoms with van der Waals surface area (Å²) in [6.07, 6.45) is 0.777. The molecule has 3 N–H and O–H groups in total. The SMILES string of the molecule is CCC(CC(N)=O)C(=O)NC. The van der Waals surface area contributed by atoms with Gasteiger partial charge in [-0.2, -0.15) is 0 Å². The molecule has 0 bridgehead atoms. The minimum atomic E-state index is -0.430. The number of hydrogen-bond acceptors (Lipinski definition) is 2. The van der Waals surface area contributed by atoms with Crippen LogP contribution >= 0.6 is 0 Å². The largest absolute Gasteiger partial charge is 0.370 e. The summed E-state index contributed by atoms with van der Waals surface area (Å²) in [7, 11) is 1.55. The van der Waals surface area contributed by atoms with Crippen LogP contribution in [0.3, 0.4) is 0 Å². The van der Waals surface area contributed by atoms with Crippen molar-refractivity contribution < 1.29 is 9.59 Å². The van der Waals surface area contributed by atoms with Crippen molar-refractivity contribution in [2.24, 2.45) is 11.7 Å². The fraction of sp³-hybridized carbons (Fsp3) is 0.714. The van der Waals surface area contributed by atoms with Crippen molar-refractivity contribution in [2.75, 3.05) is 7.05 Å². The quantitative estimate of drug-likeness (QED) is 0.586. The van der Waals surface area contributed by atoms with Crippen LogP contribution < -0.4 is 11.1 Å². The Morgan fingerprint density at radius 1 is 1.55 bits per heavy atom. The number of amides is 2. The van der Waals surface area contributed by atoms with Gasteiger partial charge < -0.3 is 11.1 Å². The second kappa shape index (κ2) is 4.71. The molecular weight excluding hydrogens is 144 g/mol. The first kappa shape index (κ1) is 9.94. The molecule has 0 aromatic carbocycles. The van der Waals surface area contributed by atoms with Crippen LogP contribution in [0.15, 0.2) is 0 Å². The van der Waals surface area contributed by atoms with Crippen molar-refractivity contribution in [1.29, 1.82) is 0 Å². The molecule has 11 heavy (non-hydrogen) atoms. The molecule has 0 heterocycles. The minimum Gasteiger partial charge on any atom is -0.370 e. The highest BCUT2D eigenvalue weighted by Gasteiger charge is 2.16. The van der Waals surface area contributed by atoms with Gasteiger partial charge in [0.1, 0.15) is 0 Å². The molecule has 0 aliphatic heterocycles. The number of rotatable bonds is 4. The summed E-state index contributed by atoms with van der Waals surface area (Å²) >= 11 is 0. The van der Waals surface area contributed by atoms with Crippen molar-refractivity contribution in [3.63, 3.8) is 0 Å². The topological polar surface area (TPSA) is 72.2 Å². The summed E-state index contributed by atoms with van der Waals surface area (Å²) in [4.78, 5) is 21.4. The maximum absolute atomic E-state index is 11.0. The van der Waals surface area contributed by atoms with E-state index in [1.165, 1.54) is 0 Å². The molecule has 0 aliphatic carbocycles. The molecule has 1 atom stereocenters. The van der Waals surface area contributed by atoms with Gasteiger partial charge in [-0.25, -0.2) is 0 Å². The Kier molecular flexibility index (Phi) is 4.26. The highest BCUT2D eigenvalue weighted by molar-refractivity contribution is 5.84. The number of nitrogens with one attached hydrogen (secondary N) is 1. The third-order valence-electron chi connectivity index (χ3n) is 1.56. The molecule has 64 valence electrons. The predicted molar refractivity (Wildman–Crippen MR) is 41.7 cm³/mol. The molecule has 0 rings (SSSR count). The lowest BCUT2D eigenvalue weighted by molar-refractivity contribution is -0.128. The Labute approximate surface area is 66.1 Å². The van der Waals surface area contributed by atoms with Gasteiger partial charge in [0.05, 0.1) is 0 Å². The van der Waals surface area contributed by atoms with E-state index in [-0.39, 0.29) is 18.2 Å². The molecular formula is C7H14N2O2. The Morgan fingerprint density at radius 3 is 2.36 bits per heavy atom. The molecule has 0 fully saturated rings. The van der Waals surface area contributed by atoms with Crippen LogP contribution in [0, 0.1) is 5.92 Å². The number of primary amides is 1. The Bertz CT molecular complexity index is 157. The van der Waals surface area contributed by atoms with Gasteiger partial charge in [-0.05, 0) is 6.42 Å². The Balaban J connectivity index is 3.94. The summed E-state index contributed by atoms with van der Waals surface area (Å²) in [5.74, 6) is -0.816. The summed E-state index contributed by atoms with van der Waals surface area (Å²) in [5.41, 5.74) is 4.94.